The van der Waals surface area contributed by atoms with Gasteiger partial charge in [-0.3, -0.25) is 9.78 Å². The summed E-state index contributed by atoms with van der Waals surface area (Å²) in [6, 6.07) is 0. The average molecular weight is 332 g/mol. The minimum Gasteiger partial charge on any atom is -0.381 e. The molecule has 6 nitrogen and oxygen atoms in total. The highest BCUT2D eigenvalue weighted by atomic mass is 16.5. The number of nitrogens with one attached hydrogen (secondary N) is 1. The third kappa shape index (κ3) is 4.23. The maximum Gasteiger partial charge on any atom is 0.223 e. The van der Waals surface area contributed by atoms with Gasteiger partial charge in [-0.25, -0.2) is 4.98 Å². The molecule has 0 aromatic carbocycles. The van der Waals surface area contributed by atoms with Crippen molar-refractivity contribution >= 4 is 11.7 Å². The van der Waals surface area contributed by atoms with E-state index < -0.39 is 0 Å². The van der Waals surface area contributed by atoms with Crippen LogP contribution in [0.2, 0.25) is 0 Å². The molecule has 0 unspecified atom stereocenters. The van der Waals surface area contributed by atoms with Gasteiger partial charge in [-0.1, -0.05) is 0 Å². The number of rotatable bonds is 4. The molecule has 2 aliphatic rings. The van der Waals surface area contributed by atoms with Gasteiger partial charge in [-0.2, -0.15) is 0 Å². The Morgan fingerprint density at radius 2 is 1.96 bits per heavy atom. The molecule has 2 aliphatic heterocycles. The topological polar surface area (TPSA) is 67.4 Å². The Kier molecular flexibility index (Phi) is 5.66. The third-order valence-corrected chi connectivity index (χ3v) is 5.12. The van der Waals surface area contributed by atoms with Crippen LogP contribution in [0.1, 0.15) is 37.1 Å². The number of piperidine rings is 1. The first-order valence-electron chi connectivity index (χ1n) is 9.04. The summed E-state index contributed by atoms with van der Waals surface area (Å²) in [5.41, 5.74) is 1.95. The van der Waals surface area contributed by atoms with E-state index in [1.165, 1.54) is 0 Å². The second-order valence-electron chi connectivity index (χ2n) is 6.98. The molecule has 24 heavy (non-hydrogen) atoms. The van der Waals surface area contributed by atoms with Gasteiger partial charge < -0.3 is 15.0 Å². The minimum atomic E-state index is 0.143. The van der Waals surface area contributed by atoms with E-state index >= 15 is 0 Å². The van der Waals surface area contributed by atoms with E-state index in [4.69, 9.17) is 4.74 Å². The van der Waals surface area contributed by atoms with Gasteiger partial charge in [-0.15, -0.1) is 0 Å². The molecule has 0 radical (unpaired) electrons. The molecule has 132 valence electrons. The highest BCUT2D eigenvalue weighted by molar-refractivity contribution is 5.78. The second-order valence-corrected chi connectivity index (χ2v) is 6.98. The van der Waals surface area contributed by atoms with Crippen molar-refractivity contribution in [1.82, 2.24) is 15.3 Å². The second kappa shape index (κ2) is 7.92. The Morgan fingerprint density at radius 1 is 1.25 bits per heavy atom. The monoisotopic (exact) mass is 332 g/mol. The molecule has 0 atom stereocenters. The Labute approximate surface area is 144 Å². The molecule has 0 aliphatic carbocycles. The van der Waals surface area contributed by atoms with Crippen LogP contribution in [0.25, 0.3) is 0 Å². The fourth-order valence-corrected chi connectivity index (χ4v) is 3.52. The summed E-state index contributed by atoms with van der Waals surface area (Å²) < 4.78 is 5.32. The summed E-state index contributed by atoms with van der Waals surface area (Å²) in [5.74, 6) is 1.92. The van der Waals surface area contributed by atoms with Crippen molar-refractivity contribution in [3.8, 4) is 0 Å². The Bertz CT molecular complexity index is 564. The van der Waals surface area contributed by atoms with Crippen molar-refractivity contribution in [2.75, 3.05) is 37.7 Å². The molecule has 1 N–H and O–H groups in total. The lowest BCUT2D eigenvalue weighted by atomic mass is 9.95. The fraction of sp³-hybridized carbons (Fsp3) is 0.722. The number of amides is 1. The van der Waals surface area contributed by atoms with E-state index in [1.54, 1.807) is 0 Å². The van der Waals surface area contributed by atoms with Crippen LogP contribution in [0, 0.1) is 25.7 Å². The Hall–Kier alpha value is -1.69. The molecule has 1 aromatic rings. The summed E-state index contributed by atoms with van der Waals surface area (Å²) in [6.07, 6.45) is 5.70. The van der Waals surface area contributed by atoms with Crippen molar-refractivity contribution < 1.29 is 9.53 Å². The normalized spacial score (nSPS) is 20.2. The zero-order valence-corrected chi connectivity index (χ0v) is 14.8. The lowest BCUT2D eigenvalue weighted by molar-refractivity contribution is -0.128. The van der Waals surface area contributed by atoms with Gasteiger partial charge >= 0.3 is 0 Å². The zero-order chi connectivity index (χ0) is 16.9. The standard InChI is InChI=1S/C18H28N4O2/c1-13-11-19-14(2)17(21-13)22-7-3-15(4-8-22)12-20-18(23)16-5-9-24-10-6-16/h11,15-16H,3-10,12H2,1-2H3,(H,20,23). The van der Waals surface area contributed by atoms with E-state index in [0.717, 1.165) is 62.5 Å². The summed E-state index contributed by atoms with van der Waals surface area (Å²) in [7, 11) is 0. The van der Waals surface area contributed by atoms with Gasteiger partial charge in [0.15, 0.2) is 0 Å². The smallest absolute Gasteiger partial charge is 0.223 e. The SMILES string of the molecule is Cc1cnc(C)c(N2CCC(CNC(=O)C3CCOCC3)CC2)n1. The number of aryl methyl sites for hydroxylation is 2. The van der Waals surface area contributed by atoms with E-state index in [2.05, 4.69) is 20.2 Å². The van der Waals surface area contributed by atoms with Gasteiger partial charge in [-0.05, 0) is 45.4 Å². The first kappa shape index (κ1) is 17.1. The van der Waals surface area contributed by atoms with Crippen LogP contribution < -0.4 is 10.2 Å². The van der Waals surface area contributed by atoms with Crippen molar-refractivity contribution in [1.29, 1.82) is 0 Å². The van der Waals surface area contributed by atoms with E-state index in [9.17, 15) is 4.79 Å². The molecule has 2 fully saturated rings. The van der Waals surface area contributed by atoms with Gasteiger partial charge in [0.2, 0.25) is 5.91 Å². The van der Waals surface area contributed by atoms with Crippen molar-refractivity contribution in [2.45, 2.75) is 39.5 Å². The number of carbonyl (C=O) groups is 1. The average Bonchev–Trinajstić information content (AvgIpc) is 2.63. The highest BCUT2D eigenvalue weighted by Crippen LogP contribution is 2.23. The predicted octanol–water partition coefficient (Wildman–Crippen LogP) is 1.85. The van der Waals surface area contributed by atoms with Crippen LogP contribution in [0.3, 0.4) is 0 Å². The van der Waals surface area contributed by atoms with Gasteiger partial charge in [0.05, 0.1) is 11.4 Å². The van der Waals surface area contributed by atoms with Crippen LogP contribution in [-0.2, 0) is 9.53 Å². The number of hydrogen-bond donors (Lipinski definition) is 1. The molecule has 1 amide bonds. The number of aromatic nitrogens is 2. The minimum absolute atomic E-state index is 0.143. The van der Waals surface area contributed by atoms with Crippen LogP contribution in [0.4, 0.5) is 5.82 Å². The van der Waals surface area contributed by atoms with Crippen molar-refractivity contribution in [3.05, 3.63) is 17.6 Å². The third-order valence-electron chi connectivity index (χ3n) is 5.12. The van der Waals surface area contributed by atoms with Gasteiger partial charge in [0.1, 0.15) is 5.82 Å². The maximum absolute atomic E-state index is 12.2. The lowest BCUT2D eigenvalue weighted by Gasteiger charge is -2.33. The summed E-state index contributed by atoms with van der Waals surface area (Å²) in [4.78, 5) is 23.6. The molecule has 2 saturated heterocycles. The maximum atomic E-state index is 12.2. The van der Waals surface area contributed by atoms with E-state index in [0.29, 0.717) is 19.1 Å². The first-order valence-corrected chi connectivity index (χ1v) is 9.04. The Morgan fingerprint density at radius 3 is 2.67 bits per heavy atom. The molecule has 0 spiro atoms. The Balaban J connectivity index is 1.45. The first-order chi connectivity index (χ1) is 11.6. The van der Waals surface area contributed by atoms with Crippen molar-refractivity contribution in [3.63, 3.8) is 0 Å². The lowest BCUT2D eigenvalue weighted by Crippen LogP contribution is -2.41. The largest absolute Gasteiger partial charge is 0.381 e. The summed E-state index contributed by atoms with van der Waals surface area (Å²) in [5, 5.41) is 3.16. The predicted molar refractivity (Wildman–Crippen MR) is 93.0 cm³/mol. The zero-order valence-electron chi connectivity index (χ0n) is 14.8. The van der Waals surface area contributed by atoms with Crippen LogP contribution in [-0.4, -0.2) is 48.7 Å². The molecular weight excluding hydrogens is 304 g/mol. The van der Waals surface area contributed by atoms with Crippen molar-refractivity contribution in [2.24, 2.45) is 11.8 Å². The number of hydrogen-bond acceptors (Lipinski definition) is 5. The molecule has 3 heterocycles. The fourth-order valence-electron chi connectivity index (χ4n) is 3.52. The molecule has 1 aromatic heterocycles. The molecule has 3 rings (SSSR count). The van der Waals surface area contributed by atoms with Crippen LogP contribution in [0.5, 0.6) is 0 Å². The van der Waals surface area contributed by atoms with Crippen LogP contribution in [0.15, 0.2) is 6.20 Å². The quantitative estimate of drug-likeness (QED) is 0.911. The van der Waals surface area contributed by atoms with E-state index in [-0.39, 0.29) is 11.8 Å². The number of anilines is 1. The summed E-state index contributed by atoms with van der Waals surface area (Å²) >= 11 is 0. The number of carbonyl (C=O) groups excluding carboxylic acids is 1. The van der Waals surface area contributed by atoms with Gasteiger partial charge in [0.25, 0.3) is 0 Å². The molecular formula is C18H28N4O2. The van der Waals surface area contributed by atoms with E-state index in [1.807, 2.05) is 20.0 Å². The number of ether oxygens (including phenoxy) is 1. The molecule has 0 bridgehead atoms. The van der Waals surface area contributed by atoms with Crippen LogP contribution >= 0.6 is 0 Å². The number of nitrogens with zero attached hydrogens (tertiary/aromatic N) is 3. The molecule has 6 heteroatoms. The summed E-state index contributed by atoms with van der Waals surface area (Å²) in [6.45, 7) is 8.19. The highest BCUT2D eigenvalue weighted by Gasteiger charge is 2.25. The van der Waals surface area contributed by atoms with Gasteiger partial charge in [0, 0.05) is 45.0 Å². The molecule has 0 saturated carbocycles.